The van der Waals surface area contributed by atoms with Gasteiger partial charge < -0.3 is 0 Å². The molecule has 0 aliphatic rings. The van der Waals surface area contributed by atoms with Crippen LogP contribution >= 0.6 is 0 Å². The Kier molecular flexibility index (Phi) is 4.26. The Morgan fingerprint density at radius 2 is 1.22 bits per heavy atom. The third-order valence-electron chi connectivity index (χ3n) is 2.56. The summed E-state index contributed by atoms with van der Waals surface area (Å²) >= 11 is 0. The van der Waals surface area contributed by atoms with Gasteiger partial charge in [-0.15, -0.1) is 0 Å². The fourth-order valence-corrected chi connectivity index (χ4v) is 1.63. The fourth-order valence-electron chi connectivity index (χ4n) is 1.63. The van der Waals surface area contributed by atoms with Gasteiger partial charge in [0.15, 0.2) is 0 Å². The topological polar surface area (TPSA) is 12.9 Å². The lowest BCUT2D eigenvalue weighted by atomic mass is 10.1. The van der Waals surface area contributed by atoms with Crippen molar-refractivity contribution in [3.8, 4) is 0 Å². The normalized spacial score (nSPS) is 9.33. The zero-order valence-electron chi connectivity index (χ0n) is 10.2. The molecule has 0 N–H and O–H groups in total. The Morgan fingerprint density at radius 3 is 1.56 bits per heavy atom. The summed E-state index contributed by atoms with van der Waals surface area (Å²) in [4.78, 5) is 3.98. The highest BCUT2D eigenvalue weighted by atomic mass is 14.6. The molecule has 0 unspecified atom stereocenters. The van der Waals surface area contributed by atoms with E-state index in [9.17, 15) is 0 Å². The second-order valence-corrected chi connectivity index (χ2v) is 3.81. The highest BCUT2D eigenvalue weighted by Gasteiger charge is 1.85. The van der Waals surface area contributed by atoms with Gasteiger partial charge in [-0.1, -0.05) is 61.2 Å². The predicted octanol–water partition coefficient (Wildman–Crippen LogP) is 4.56. The molecular weight excluding hydrogens is 218 g/mol. The maximum atomic E-state index is 3.98. The lowest BCUT2D eigenvalue weighted by Gasteiger charge is -1.92. The van der Waals surface area contributed by atoms with Crippen molar-refractivity contribution in [2.75, 3.05) is 0 Å². The van der Waals surface area contributed by atoms with E-state index in [1.54, 1.807) is 12.3 Å². The molecule has 0 aliphatic heterocycles. The van der Waals surface area contributed by atoms with Crippen LogP contribution in [0.3, 0.4) is 0 Å². The van der Waals surface area contributed by atoms with Gasteiger partial charge in [0, 0.05) is 6.20 Å². The van der Waals surface area contributed by atoms with E-state index in [1.165, 1.54) is 10.8 Å². The van der Waals surface area contributed by atoms with E-state index in [0.717, 1.165) is 5.69 Å². The smallest absolute Gasteiger partial charge is 0.0623 e. The molecule has 1 heterocycles. The Bertz CT molecular complexity index is 549. The maximum Gasteiger partial charge on any atom is 0.0623 e. The van der Waals surface area contributed by atoms with E-state index in [0.29, 0.717) is 0 Å². The number of rotatable bonds is 1. The summed E-state index contributed by atoms with van der Waals surface area (Å²) in [5, 5.41) is 2.62. The van der Waals surface area contributed by atoms with Crippen molar-refractivity contribution < 1.29 is 0 Å². The van der Waals surface area contributed by atoms with E-state index in [4.69, 9.17) is 0 Å². The van der Waals surface area contributed by atoms with E-state index < -0.39 is 0 Å². The van der Waals surface area contributed by atoms with Gasteiger partial charge in [-0.25, -0.2) is 0 Å². The Balaban J connectivity index is 0.000000138. The number of benzene rings is 2. The molecule has 0 saturated carbocycles. The van der Waals surface area contributed by atoms with Crippen molar-refractivity contribution in [2.24, 2.45) is 0 Å². The van der Waals surface area contributed by atoms with Crippen LogP contribution in [0, 0.1) is 0 Å². The molecule has 0 radical (unpaired) electrons. The van der Waals surface area contributed by atoms with Crippen LogP contribution in [0.15, 0.2) is 79.5 Å². The van der Waals surface area contributed by atoms with E-state index in [2.05, 4.69) is 60.1 Å². The minimum atomic E-state index is 0.924. The number of nitrogens with zero attached hydrogens (tertiary/aromatic N) is 1. The summed E-state index contributed by atoms with van der Waals surface area (Å²) in [5.41, 5.74) is 0.924. The van der Waals surface area contributed by atoms with Crippen molar-refractivity contribution >= 4 is 16.8 Å². The van der Waals surface area contributed by atoms with Gasteiger partial charge in [0.2, 0.25) is 0 Å². The second-order valence-electron chi connectivity index (χ2n) is 3.81. The van der Waals surface area contributed by atoms with Crippen molar-refractivity contribution in [3.63, 3.8) is 0 Å². The van der Waals surface area contributed by atoms with Gasteiger partial charge in [-0.3, -0.25) is 4.98 Å². The van der Waals surface area contributed by atoms with Crippen LogP contribution in [0.2, 0.25) is 0 Å². The lowest BCUT2D eigenvalue weighted by Crippen LogP contribution is -1.73. The molecule has 0 bridgehead atoms. The standard InChI is InChI=1S/C10H8.C7H7N/c1-2-6-10-8-4-3-7-9(10)5-1;1-2-7-5-3-4-6-8-7/h1-8H;2-6H,1H2. The summed E-state index contributed by atoms with van der Waals surface area (Å²) < 4.78 is 0. The average molecular weight is 233 g/mol. The summed E-state index contributed by atoms with van der Waals surface area (Å²) in [5.74, 6) is 0. The molecule has 0 atom stereocenters. The highest BCUT2D eigenvalue weighted by molar-refractivity contribution is 5.81. The predicted molar refractivity (Wildman–Crippen MR) is 78.3 cm³/mol. The minimum Gasteiger partial charge on any atom is -0.257 e. The number of aromatic nitrogens is 1. The number of fused-ring (bicyclic) bond motifs is 1. The van der Waals surface area contributed by atoms with Crippen molar-refractivity contribution in [1.82, 2.24) is 4.98 Å². The Labute approximate surface area is 107 Å². The molecule has 1 aromatic heterocycles. The number of hydrogen-bond donors (Lipinski definition) is 0. The van der Waals surface area contributed by atoms with Crippen LogP contribution in [-0.4, -0.2) is 4.98 Å². The van der Waals surface area contributed by atoms with Crippen molar-refractivity contribution in [2.45, 2.75) is 0 Å². The first-order valence-corrected chi connectivity index (χ1v) is 5.87. The summed E-state index contributed by atoms with van der Waals surface area (Å²) in [7, 11) is 0. The van der Waals surface area contributed by atoms with Crippen molar-refractivity contribution in [3.05, 3.63) is 85.2 Å². The molecule has 0 fully saturated rings. The van der Waals surface area contributed by atoms with Crippen molar-refractivity contribution in [1.29, 1.82) is 0 Å². The van der Waals surface area contributed by atoms with Gasteiger partial charge in [-0.05, 0) is 29.0 Å². The second kappa shape index (κ2) is 6.36. The quantitative estimate of drug-likeness (QED) is 0.600. The van der Waals surface area contributed by atoms with Crippen LogP contribution in [0.5, 0.6) is 0 Å². The van der Waals surface area contributed by atoms with Crippen LogP contribution in [-0.2, 0) is 0 Å². The van der Waals surface area contributed by atoms with Gasteiger partial charge >= 0.3 is 0 Å². The first kappa shape index (κ1) is 12.1. The molecule has 0 aliphatic carbocycles. The lowest BCUT2D eigenvalue weighted by molar-refractivity contribution is 1.30. The zero-order valence-corrected chi connectivity index (χ0v) is 10.2. The Hall–Kier alpha value is -2.41. The molecule has 3 rings (SSSR count). The molecular formula is C17H15N. The molecule has 0 amide bonds. The van der Waals surface area contributed by atoms with Gasteiger partial charge in [0.05, 0.1) is 5.69 Å². The molecule has 18 heavy (non-hydrogen) atoms. The summed E-state index contributed by atoms with van der Waals surface area (Å²) in [6, 6.07) is 22.4. The maximum absolute atomic E-state index is 3.98. The first-order chi connectivity index (χ1) is 8.90. The number of hydrogen-bond acceptors (Lipinski definition) is 1. The monoisotopic (exact) mass is 233 g/mol. The first-order valence-electron chi connectivity index (χ1n) is 5.87. The van der Waals surface area contributed by atoms with Crippen LogP contribution in [0.1, 0.15) is 5.69 Å². The molecule has 1 nitrogen and oxygen atoms in total. The fraction of sp³-hybridized carbons (Fsp3) is 0. The molecule has 88 valence electrons. The van der Waals surface area contributed by atoms with Crippen LogP contribution in [0.25, 0.3) is 16.8 Å². The molecule has 0 saturated heterocycles. The summed E-state index contributed by atoms with van der Waals surface area (Å²) in [6.07, 6.45) is 3.47. The molecule has 0 spiro atoms. The van der Waals surface area contributed by atoms with E-state index in [1.807, 2.05) is 18.2 Å². The molecule has 1 heteroatoms. The van der Waals surface area contributed by atoms with Crippen LogP contribution in [0.4, 0.5) is 0 Å². The van der Waals surface area contributed by atoms with Crippen LogP contribution < -0.4 is 0 Å². The van der Waals surface area contributed by atoms with Gasteiger partial charge in [0.25, 0.3) is 0 Å². The summed E-state index contributed by atoms with van der Waals surface area (Å²) in [6.45, 7) is 3.57. The van der Waals surface area contributed by atoms with E-state index in [-0.39, 0.29) is 0 Å². The number of pyridine rings is 1. The van der Waals surface area contributed by atoms with Gasteiger partial charge in [-0.2, -0.15) is 0 Å². The third kappa shape index (κ3) is 3.29. The largest absolute Gasteiger partial charge is 0.257 e. The minimum absolute atomic E-state index is 0.924. The zero-order chi connectivity index (χ0) is 12.6. The third-order valence-corrected chi connectivity index (χ3v) is 2.56. The van der Waals surface area contributed by atoms with Gasteiger partial charge in [0.1, 0.15) is 0 Å². The average Bonchev–Trinajstić information content (AvgIpc) is 2.49. The highest BCUT2D eigenvalue weighted by Crippen LogP contribution is 2.11. The SMILES string of the molecule is C=Cc1ccccn1.c1ccc2ccccc2c1. The Morgan fingerprint density at radius 1 is 0.722 bits per heavy atom. The van der Waals surface area contributed by atoms with E-state index >= 15 is 0 Å². The molecule has 3 aromatic rings. The molecule has 2 aromatic carbocycles.